The summed E-state index contributed by atoms with van der Waals surface area (Å²) >= 11 is 0. The summed E-state index contributed by atoms with van der Waals surface area (Å²) in [6, 6.07) is 7.39. The van der Waals surface area contributed by atoms with Gasteiger partial charge in [0.25, 0.3) is 5.69 Å². The number of carbonyl (C=O) groups is 1. The van der Waals surface area contributed by atoms with Crippen LogP contribution in [-0.2, 0) is 16.2 Å². The summed E-state index contributed by atoms with van der Waals surface area (Å²) in [5.74, 6) is -0.252. The van der Waals surface area contributed by atoms with Gasteiger partial charge in [-0.25, -0.2) is 4.79 Å². The van der Waals surface area contributed by atoms with Crippen LogP contribution in [0, 0.1) is 10.1 Å². The smallest absolute Gasteiger partial charge is 0.341 e. The van der Waals surface area contributed by atoms with Crippen molar-refractivity contribution in [1.82, 2.24) is 0 Å². The lowest BCUT2D eigenvalue weighted by Crippen LogP contribution is -2.03. The van der Waals surface area contributed by atoms with Crippen LogP contribution in [0.2, 0.25) is 0 Å². The number of oxime groups is 1. The third-order valence-corrected chi connectivity index (χ3v) is 2.70. The van der Waals surface area contributed by atoms with Gasteiger partial charge in [-0.05, 0) is 6.07 Å². The average Bonchev–Trinajstić information content (AvgIpc) is 2.99. The summed E-state index contributed by atoms with van der Waals surface area (Å²) in [5.41, 5.74) is 0.734. The number of nitro benzene ring substituents is 1. The first-order chi connectivity index (χ1) is 10.6. The van der Waals surface area contributed by atoms with E-state index in [1.54, 1.807) is 12.1 Å². The molecule has 0 aliphatic carbocycles. The number of carbonyl (C=O) groups excluding carboxylic acids is 1. The van der Waals surface area contributed by atoms with Gasteiger partial charge >= 0.3 is 5.97 Å². The fourth-order valence-electron chi connectivity index (χ4n) is 1.66. The monoisotopic (exact) mass is 304 g/mol. The molecule has 0 aliphatic rings. The number of hydrogen-bond acceptors (Lipinski definition) is 7. The third-order valence-electron chi connectivity index (χ3n) is 2.70. The predicted octanol–water partition coefficient (Wildman–Crippen LogP) is 2.53. The molecule has 8 nitrogen and oxygen atoms in total. The summed E-state index contributed by atoms with van der Waals surface area (Å²) in [6.45, 7) is -0.0666. The molecule has 1 aromatic carbocycles. The highest BCUT2D eigenvalue weighted by Gasteiger charge is 2.15. The van der Waals surface area contributed by atoms with Gasteiger partial charge in [0.15, 0.2) is 12.4 Å². The number of nitro groups is 1. The number of ether oxygens (including phenoxy) is 1. The Bertz CT molecular complexity index is 707. The quantitative estimate of drug-likeness (QED) is 0.351. The largest absolute Gasteiger partial charge is 0.465 e. The molecule has 0 fully saturated rings. The van der Waals surface area contributed by atoms with Crippen LogP contribution in [0.4, 0.5) is 5.69 Å². The van der Waals surface area contributed by atoms with Crippen LogP contribution in [0.3, 0.4) is 0 Å². The highest BCUT2D eigenvalue weighted by molar-refractivity contribution is 5.90. The maximum atomic E-state index is 11.4. The molecule has 22 heavy (non-hydrogen) atoms. The van der Waals surface area contributed by atoms with E-state index in [9.17, 15) is 14.9 Å². The molecule has 0 radical (unpaired) electrons. The SMILES string of the molecule is COC(=O)c1ccoc1CO/N=C/c1cccc([N+](=O)[O-])c1. The number of furan rings is 1. The normalized spacial score (nSPS) is 10.6. The van der Waals surface area contributed by atoms with E-state index < -0.39 is 10.9 Å². The van der Waals surface area contributed by atoms with Gasteiger partial charge in [-0.2, -0.15) is 0 Å². The zero-order valence-corrected chi connectivity index (χ0v) is 11.6. The van der Waals surface area contributed by atoms with Crippen molar-refractivity contribution in [3.05, 3.63) is 63.6 Å². The third kappa shape index (κ3) is 3.69. The molecular formula is C14H12N2O6. The van der Waals surface area contributed by atoms with Gasteiger partial charge in [0.1, 0.15) is 5.56 Å². The minimum Gasteiger partial charge on any atom is -0.465 e. The Balaban J connectivity index is 1.96. The Labute approximate surface area is 125 Å². The van der Waals surface area contributed by atoms with Gasteiger partial charge in [-0.15, -0.1) is 0 Å². The van der Waals surface area contributed by atoms with Crippen molar-refractivity contribution in [3.8, 4) is 0 Å². The summed E-state index contributed by atoms with van der Waals surface area (Å²) in [5, 5.41) is 14.3. The predicted molar refractivity (Wildman–Crippen MR) is 75.5 cm³/mol. The first-order valence-electron chi connectivity index (χ1n) is 6.16. The molecule has 8 heteroatoms. The summed E-state index contributed by atoms with van der Waals surface area (Å²) in [4.78, 5) is 26.6. The summed E-state index contributed by atoms with van der Waals surface area (Å²) in [7, 11) is 1.26. The van der Waals surface area contributed by atoms with Crippen LogP contribution in [-0.4, -0.2) is 24.2 Å². The van der Waals surface area contributed by atoms with Crippen LogP contribution in [0.15, 0.2) is 46.2 Å². The Hall–Kier alpha value is -3.16. The maximum Gasteiger partial charge on any atom is 0.341 e. The standard InChI is InChI=1S/C14H12N2O6/c1-20-14(17)12-5-6-21-13(12)9-22-15-8-10-3-2-4-11(7-10)16(18)19/h2-8H,9H2,1H3/b15-8+. The van der Waals surface area contributed by atoms with Crippen molar-refractivity contribution >= 4 is 17.9 Å². The lowest BCUT2D eigenvalue weighted by molar-refractivity contribution is -0.384. The number of methoxy groups -OCH3 is 1. The fourth-order valence-corrected chi connectivity index (χ4v) is 1.66. The number of nitrogens with zero attached hydrogens (tertiary/aromatic N) is 2. The number of benzene rings is 1. The zero-order chi connectivity index (χ0) is 15.9. The molecule has 114 valence electrons. The van der Waals surface area contributed by atoms with Crippen LogP contribution < -0.4 is 0 Å². The zero-order valence-electron chi connectivity index (χ0n) is 11.6. The van der Waals surface area contributed by atoms with Gasteiger partial charge in [-0.3, -0.25) is 10.1 Å². The van der Waals surface area contributed by atoms with Crippen LogP contribution in [0.1, 0.15) is 21.7 Å². The molecule has 2 rings (SSSR count). The van der Waals surface area contributed by atoms with Crippen molar-refractivity contribution in [2.45, 2.75) is 6.61 Å². The van der Waals surface area contributed by atoms with E-state index >= 15 is 0 Å². The van der Waals surface area contributed by atoms with Gasteiger partial charge in [0.2, 0.25) is 0 Å². The lowest BCUT2D eigenvalue weighted by Gasteiger charge is -2.00. The van der Waals surface area contributed by atoms with E-state index in [0.717, 1.165) is 0 Å². The molecule has 0 bridgehead atoms. The van der Waals surface area contributed by atoms with Crippen LogP contribution >= 0.6 is 0 Å². The molecular weight excluding hydrogens is 292 g/mol. The van der Waals surface area contributed by atoms with Crippen molar-refractivity contribution in [2.24, 2.45) is 5.16 Å². The van der Waals surface area contributed by atoms with Crippen molar-refractivity contribution in [3.63, 3.8) is 0 Å². The van der Waals surface area contributed by atoms with E-state index in [1.807, 2.05) is 0 Å². The van der Waals surface area contributed by atoms with Crippen LogP contribution in [0.5, 0.6) is 0 Å². The molecule has 0 unspecified atom stereocenters. The first-order valence-corrected chi connectivity index (χ1v) is 6.16. The molecule has 0 saturated heterocycles. The highest BCUT2D eigenvalue weighted by atomic mass is 16.6. The lowest BCUT2D eigenvalue weighted by atomic mass is 10.2. The molecule has 2 aromatic rings. The second-order valence-corrected chi connectivity index (χ2v) is 4.11. The minimum absolute atomic E-state index is 0.0389. The molecule has 0 amide bonds. The van der Waals surface area contributed by atoms with Crippen molar-refractivity contribution < 1.29 is 23.7 Å². The van der Waals surface area contributed by atoms with E-state index in [-0.39, 0.29) is 23.6 Å². The number of non-ortho nitro benzene ring substituents is 1. The minimum atomic E-state index is -0.532. The molecule has 0 atom stereocenters. The molecule has 0 spiro atoms. The maximum absolute atomic E-state index is 11.4. The highest BCUT2D eigenvalue weighted by Crippen LogP contribution is 2.14. The van der Waals surface area contributed by atoms with E-state index in [4.69, 9.17) is 9.25 Å². The molecule has 1 aromatic heterocycles. The Morgan fingerprint density at radius 2 is 2.27 bits per heavy atom. The van der Waals surface area contributed by atoms with E-state index in [2.05, 4.69) is 9.89 Å². The Morgan fingerprint density at radius 1 is 1.45 bits per heavy atom. The van der Waals surface area contributed by atoms with Crippen molar-refractivity contribution in [1.29, 1.82) is 0 Å². The number of esters is 1. The second kappa shape index (κ2) is 7.02. The average molecular weight is 304 g/mol. The Morgan fingerprint density at radius 3 is 3.00 bits per heavy atom. The topological polar surface area (TPSA) is 104 Å². The summed E-state index contributed by atoms with van der Waals surface area (Å²) < 4.78 is 9.69. The first kappa shape index (κ1) is 15.2. The van der Waals surface area contributed by atoms with Gasteiger partial charge in [0.05, 0.1) is 24.5 Å². The van der Waals surface area contributed by atoms with E-state index in [0.29, 0.717) is 5.56 Å². The summed E-state index contributed by atoms with van der Waals surface area (Å²) in [6.07, 6.45) is 2.67. The fraction of sp³-hybridized carbons (Fsp3) is 0.143. The Kier molecular flexibility index (Phi) is 4.86. The second-order valence-electron chi connectivity index (χ2n) is 4.11. The molecule has 0 aliphatic heterocycles. The van der Waals surface area contributed by atoms with Gasteiger partial charge in [-0.1, -0.05) is 17.3 Å². The molecule has 1 heterocycles. The number of hydrogen-bond donors (Lipinski definition) is 0. The van der Waals surface area contributed by atoms with Crippen LogP contribution in [0.25, 0.3) is 0 Å². The van der Waals surface area contributed by atoms with Crippen molar-refractivity contribution in [2.75, 3.05) is 7.11 Å². The van der Waals surface area contributed by atoms with Gasteiger partial charge < -0.3 is 14.0 Å². The molecule has 0 saturated carbocycles. The number of rotatable bonds is 6. The molecule has 0 N–H and O–H groups in total. The van der Waals surface area contributed by atoms with Gasteiger partial charge in [0, 0.05) is 17.7 Å². The van der Waals surface area contributed by atoms with E-state index in [1.165, 1.54) is 37.8 Å².